The highest BCUT2D eigenvalue weighted by atomic mass is 35.5. The Balaban J connectivity index is 1.40. The fraction of sp³-hybridized carbons (Fsp3) is 0.455. The topological polar surface area (TPSA) is 90.5 Å². The lowest BCUT2D eigenvalue weighted by atomic mass is 10.0. The normalized spacial score (nSPS) is 19.6. The molecule has 0 spiro atoms. The number of halogens is 2. The van der Waals surface area contributed by atoms with Crippen molar-refractivity contribution in [1.29, 1.82) is 0 Å². The molecular formula is C22H26ClFN6O2. The van der Waals surface area contributed by atoms with E-state index >= 15 is 0 Å². The summed E-state index contributed by atoms with van der Waals surface area (Å²) in [5.41, 5.74) is 2.01. The zero-order valence-corrected chi connectivity index (χ0v) is 18.8. The first-order valence-corrected chi connectivity index (χ1v) is 11.1. The molecule has 0 radical (unpaired) electrons. The number of amides is 2. The SMILES string of the molecule is Cc1cc(Cl)ccc1[C@@H](C)Nc1nc(N2CCN(C(=O)[C@H]3CCC(=O)N3)CC2)ncc1F. The summed E-state index contributed by atoms with van der Waals surface area (Å²) in [6, 6.07) is 4.99. The van der Waals surface area contributed by atoms with Gasteiger partial charge in [-0.15, -0.1) is 0 Å². The molecule has 32 heavy (non-hydrogen) atoms. The van der Waals surface area contributed by atoms with Crippen LogP contribution in [-0.2, 0) is 9.59 Å². The predicted molar refractivity (Wildman–Crippen MR) is 120 cm³/mol. The van der Waals surface area contributed by atoms with Gasteiger partial charge in [-0.2, -0.15) is 4.98 Å². The van der Waals surface area contributed by atoms with Gasteiger partial charge in [-0.1, -0.05) is 17.7 Å². The monoisotopic (exact) mass is 460 g/mol. The van der Waals surface area contributed by atoms with Gasteiger partial charge < -0.3 is 20.4 Å². The second-order valence-corrected chi connectivity index (χ2v) is 8.64. The van der Waals surface area contributed by atoms with Crippen molar-refractivity contribution in [3.8, 4) is 0 Å². The summed E-state index contributed by atoms with van der Waals surface area (Å²) in [7, 11) is 0. The maximum atomic E-state index is 14.4. The standard InChI is InChI=1S/C22H26ClFN6O2/c1-13-11-15(23)3-4-16(13)14(2)26-20-17(24)12-25-22(28-20)30-9-7-29(8-10-30)21(32)18-5-6-19(31)27-18/h3-4,11-12,14,18H,5-10H2,1-2H3,(H,27,31)(H,25,26,28)/t14-,18-/m1/s1. The van der Waals surface area contributed by atoms with Crippen LogP contribution >= 0.6 is 11.6 Å². The van der Waals surface area contributed by atoms with Crippen LogP contribution in [0, 0.1) is 12.7 Å². The first kappa shape index (κ1) is 22.3. The van der Waals surface area contributed by atoms with Crippen molar-refractivity contribution >= 4 is 35.2 Å². The highest BCUT2D eigenvalue weighted by molar-refractivity contribution is 6.30. The van der Waals surface area contributed by atoms with Gasteiger partial charge >= 0.3 is 0 Å². The van der Waals surface area contributed by atoms with E-state index in [2.05, 4.69) is 20.6 Å². The number of carbonyl (C=O) groups excluding carboxylic acids is 2. The molecule has 2 atom stereocenters. The molecule has 2 aliphatic rings. The number of benzene rings is 1. The van der Waals surface area contributed by atoms with Gasteiger partial charge in [0.1, 0.15) is 6.04 Å². The molecule has 4 rings (SSSR count). The van der Waals surface area contributed by atoms with Crippen molar-refractivity contribution < 1.29 is 14.0 Å². The van der Waals surface area contributed by atoms with Crippen LogP contribution in [0.4, 0.5) is 16.2 Å². The van der Waals surface area contributed by atoms with Gasteiger partial charge in [0.05, 0.1) is 12.2 Å². The van der Waals surface area contributed by atoms with E-state index < -0.39 is 11.9 Å². The number of nitrogens with zero attached hydrogens (tertiary/aromatic N) is 4. The summed E-state index contributed by atoms with van der Waals surface area (Å²) in [4.78, 5) is 36.2. The maximum Gasteiger partial charge on any atom is 0.245 e. The fourth-order valence-corrected chi connectivity index (χ4v) is 4.39. The van der Waals surface area contributed by atoms with Crippen molar-refractivity contribution in [3.05, 3.63) is 46.4 Å². The number of aryl methyl sites for hydroxylation is 1. The van der Waals surface area contributed by atoms with Crippen LogP contribution in [0.15, 0.2) is 24.4 Å². The number of hydrogen-bond acceptors (Lipinski definition) is 6. The minimum absolute atomic E-state index is 0.0509. The molecule has 2 fully saturated rings. The van der Waals surface area contributed by atoms with Crippen LogP contribution < -0.4 is 15.5 Å². The van der Waals surface area contributed by atoms with Gasteiger partial charge in [0.15, 0.2) is 11.6 Å². The number of piperazine rings is 1. The highest BCUT2D eigenvalue weighted by Gasteiger charge is 2.32. The quantitative estimate of drug-likeness (QED) is 0.713. The Hall–Kier alpha value is -2.94. The number of nitrogens with one attached hydrogen (secondary N) is 2. The number of carbonyl (C=O) groups is 2. The zero-order chi connectivity index (χ0) is 22.8. The summed E-state index contributed by atoms with van der Waals surface area (Å²) in [5, 5.41) is 6.51. The van der Waals surface area contributed by atoms with Crippen LogP contribution in [0.1, 0.15) is 36.9 Å². The van der Waals surface area contributed by atoms with Crippen molar-refractivity contribution in [2.45, 2.75) is 38.8 Å². The summed E-state index contributed by atoms with van der Waals surface area (Å²) in [6.07, 6.45) is 2.10. The molecule has 1 aromatic heterocycles. The molecule has 170 valence electrons. The van der Waals surface area contributed by atoms with Gasteiger partial charge in [0, 0.05) is 37.6 Å². The minimum atomic E-state index is -0.530. The first-order chi connectivity index (χ1) is 15.3. The summed E-state index contributed by atoms with van der Waals surface area (Å²) in [6.45, 7) is 5.94. The zero-order valence-electron chi connectivity index (χ0n) is 18.1. The third-order valence-electron chi connectivity index (χ3n) is 5.95. The minimum Gasteiger partial charge on any atom is -0.361 e. The molecular weight excluding hydrogens is 435 g/mol. The molecule has 8 nitrogen and oxygen atoms in total. The number of rotatable bonds is 5. The van der Waals surface area contributed by atoms with Crippen LogP contribution in [0.25, 0.3) is 0 Å². The average Bonchev–Trinajstić information content (AvgIpc) is 3.21. The molecule has 2 aliphatic heterocycles. The van der Waals surface area contributed by atoms with E-state index in [1.54, 1.807) is 4.90 Å². The maximum absolute atomic E-state index is 14.4. The van der Waals surface area contributed by atoms with E-state index in [0.29, 0.717) is 50.0 Å². The van der Waals surface area contributed by atoms with Crippen molar-refractivity contribution in [2.24, 2.45) is 0 Å². The number of hydrogen-bond donors (Lipinski definition) is 2. The third-order valence-corrected chi connectivity index (χ3v) is 6.19. The van der Waals surface area contributed by atoms with E-state index in [1.807, 2.05) is 36.9 Å². The molecule has 3 heterocycles. The Morgan fingerprint density at radius 3 is 2.72 bits per heavy atom. The van der Waals surface area contributed by atoms with E-state index in [4.69, 9.17) is 11.6 Å². The van der Waals surface area contributed by atoms with Gasteiger partial charge in [-0.05, 0) is 43.5 Å². The van der Waals surface area contributed by atoms with Gasteiger partial charge in [0.2, 0.25) is 17.8 Å². The molecule has 0 aliphatic carbocycles. The lowest BCUT2D eigenvalue weighted by Gasteiger charge is -2.36. The smallest absolute Gasteiger partial charge is 0.245 e. The Kier molecular flexibility index (Phi) is 6.45. The molecule has 10 heteroatoms. The van der Waals surface area contributed by atoms with Crippen LogP contribution in [-0.4, -0.2) is 58.9 Å². The Morgan fingerprint density at radius 1 is 1.31 bits per heavy atom. The fourth-order valence-electron chi connectivity index (χ4n) is 4.17. The molecule has 0 saturated carbocycles. The second-order valence-electron chi connectivity index (χ2n) is 8.20. The summed E-state index contributed by atoms with van der Waals surface area (Å²) < 4.78 is 14.4. The van der Waals surface area contributed by atoms with Gasteiger partial charge in [-0.25, -0.2) is 9.37 Å². The highest BCUT2D eigenvalue weighted by Crippen LogP contribution is 2.26. The van der Waals surface area contributed by atoms with E-state index in [1.165, 1.54) is 0 Å². The molecule has 2 saturated heterocycles. The Bertz CT molecular complexity index is 1030. The lowest BCUT2D eigenvalue weighted by Crippen LogP contribution is -2.53. The van der Waals surface area contributed by atoms with E-state index in [-0.39, 0.29) is 23.7 Å². The second kappa shape index (κ2) is 9.28. The van der Waals surface area contributed by atoms with E-state index in [9.17, 15) is 14.0 Å². The van der Waals surface area contributed by atoms with Crippen molar-refractivity contribution in [1.82, 2.24) is 20.2 Å². The third kappa shape index (κ3) is 4.77. The Labute approximate surface area is 191 Å². The van der Waals surface area contributed by atoms with Crippen LogP contribution in [0.3, 0.4) is 0 Å². The largest absolute Gasteiger partial charge is 0.361 e. The van der Waals surface area contributed by atoms with Gasteiger partial charge in [-0.3, -0.25) is 9.59 Å². The molecule has 0 bridgehead atoms. The molecule has 2 aromatic rings. The predicted octanol–water partition coefficient (Wildman–Crippen LogP) is 2.68. The number of anilines is 2. The summed E-state index contributed by atoms with van der Waals surface area (Å²) >= 11 is 6.04. The number of aromatic nitrogens is 2. The molecule has 2 N–H and O–H groups in total. The van der Waals surface area contributed by atoms with Crippen LogP contribution in [0.2, 0.25) is 5.02 Å². The average molecular weight is 461 g/mol. The summed E-state index contributed by atoms with van der Waals surface area (Å²) in [5.74, 6) is -0.119. The Morgan fingerprint density at radius 2 is 2.06 bits per heavy atom. The van der Waals surface area contributed by atoms with Crippen LogP contribution in [0.5, 0.6) is 0 Å². The van der Waals surface area contributed by atoms with Gasteiger partial charge in [0.25, 0.3) is 0 Å². The van der Waals surface area contributed by atoms with E-state index in [0.717, 1.165) is 17.3 Å². The molecule has 0 unspecified atom stereocenters. The lowest BCUT2D eigenvalue weighted by molar-refractivity contribution is -0.134. The van der Waals surface area contributed by atoms with Crippen molar-refractivity contribution in [2.75, 3.05) is 36.4 Å². The van der Waals surface area contributed by atoms with Crippen molar-refractivity contribution in [3.63, 3.8) is 0 Å². The molecule has 1 aromatic carbocycles. The first-order valence-electron chi connectivity index (χ1n) is 10.7. The molecule has 2 amide bonds.